The van der Waals surface area contributed by atoms with E-state index in [0.717, 1.165) is 16.4 Å². The monoisotopic (exact) mass is 371 g/mol. The SMILES string of the molecule is CSc1ncc(C(=O)N(C)Cc2cccc(Cl)c2)n1-c1ccccc1. The molecule has 1 aromatic heterocycles. The summed E-state index contributed by atoms with van der Waals surface area (Å²) < 4.78 is 1.89. The number of thioether (sulfide) groups is 1. The number of benzene rings is 2. The molecule has 0 saturated carbocycles. The molecule has 0 aliphatic rings. The Labute approximate surface area is 156 Å². The van der Waals surface area contributed by atoms with Gasteiger partial charge < -0.3 is 4.90 Å². The third-order valence-electron chi connectivity index (χ3n) is 3.80. The summed E-state index contributed by atoms with van der Waals surface area (Å²) in [5.41, 5.74) is 2.45. The number of carbonyl (C=O) groups excluding carboxylic acids is 1. The predicted octanol–water partition coefficient (Wildman–Crippen LogP) is 4.52. The summed E-state index contributed by atoms with van der Waals surface area (Å²) >= 11 is 7.54. The number of hydrogen-bond acceptors (Lipinski definition) is 3. The molecule has 2 aromatic carbocycles. The number of halogens is 1. The number of nitrogens with zero attached hydrogens (tertiary/aromatic N) is 3. The second-order valence-corrected chi connectivity index (χ2v) is 6.80. The van der Waals surface area contributed by atoms with Crippen LogP contribution in [-0.4, -0.2) is 33.7 Å². The lowest BCUT2D eigenvalue weighted by Gasteiger charge is -2.19. The van der Waals surface area contributed by atoms with Gasteiger partial charge in [0.2, 0.25) is 0 Å². The molecular weight excluding hydrogens is 354 g/mol. The Morgan fingerprint density at radius 1 is 1.20 bits per heavy atom. The molecule has 0 spiro atoms. The molecule has 25 heavy (non-hydrogen) atoms. The quantitative estimate of drug-likeness (QED) is 0.619. The molecule has 0 fully saturated rings. The molecule has 0 aliphatic carbocycles. The van der Waals surface area contributed by atoms with E-state index >= 15 is 0 Å². The molecule has 4 nitrogen and oxygen atoms in total. The van der Waals surface area contributed by atoms with Crippen molar-refractivity contribution in [3.63, 3.8) is 0 Å². The fraction of sp³-hybridized carbons (Fsp3) is 0.158. The van der Waals surface area contributed by atoms with Crippen LogP contribution in [0.3, 0.4) is 0 Å². The number of para-hydroxylation sites is 1. The maximum absolute atomic E-state index is 13.0. The maximum Gasteiger partial charge on any atom is 0.272 e. The van der Waals surface area contributed by atoms with Gasteiger partial charge in [-0.3, -0.25) is 9.36 Å². The van der Waals surface area contributed by atoms with E-state index < -0.39 is 0 Å². The van der Waals surface area contributed by atoms with Gasteiger partial charge in [-0.15, -0.1) is 0 Å². The molecule has 0 saturated heterocycles. The summed E-state index contributed by atoms with van der Waals surface area (Å²) in [6, 6.07) is 17.3. The molecule has 0 atom stereocenters. The molecule has 6 heteroatoms. The number of rotatable bonds is 5. The molecule has 0 aliphatic heterocycles. The Bertz CT molecular complexity index is 879. The van der Waals surface area contributed by atoms with E-state index in [9.17, 15) is 4.79 Å². The van der Waals surface area contributed by atoms with E-state index in [4.69, 9.17) is 11.6 Å². The van der Waals surface area contributed by atoms with Gasteiger partial charge in [0.15, 0.2) is 5.16 Å². The molecule has 3 aromatic rings. The zero-order valence-electron chi connectivity index (χ0n) is 14.0. The first-order chi connectivity index (χ1) is 12.1. The average Bonchev–Trinajstić information content (AvgIpc) is 3.05. The van der Waals surface area contributed by atoms with Crippen molar-refractivity contribution in [1.82, 2.24) is 14.5 Å². The normalized spacial score (nSPS) is 10.7. The van der Waals surface area contributed by atoms with Crippen molar-refractivity contribution in [2.45, 2.75) is 11.7 Å². The van der Waals surface area contributed by atoms with Gasteiger partial charge in [0.05, 0.1) is 6.20 Å². The zero-order chi connectivity index (χ0) is 17.8. The van der Waals surface area contributed by atoms with Crippen molar-refractivity contribution in [1.29, 1.82) is 0 Å². The standard InChI is InChI=1S/C19H18ClN3OS/c1-22(13-14-7-6-8-15(20)11-14)18(24)17-12-21-19(25-2)23(17)16-9-4-3-5-10-16/h3-12H,13H2,1-2H3. The van der Waals surface area contributed by atoms with Crippen LogP contribution >= 0.6 is 23.4 Å². The topological polar surface area (TPSA) is 38.1 Å². The molecule has 128 valence electrons. The Balaban J connectivity index is 1.91. The van der Waals surface area contributed by atoms with Gasteiger partial charge in [-0.1, -0.05) is 53.7 Å². The van der Waals surface area contributed by atoms with Crippen LogP contribution in [0.1, 0.15) is 16.1 Å². The Morgan fingerprint density at radius 2 is 1.96 bits per heavy atom. The van der Waals surface area contributed by atoms with Gasteiger partial charge in [0.25, 0.3) is 5.91 Å². The van der Waals surface area contributed by atoms with Crippen LogP contribution in [0.5, 0.6) is 0 Å². The largest absolute Gasteiger partial charge is 0.336 e. The van der Waals surface area contributed by atoms with Crippen molar-refractivity contribution in [2.75, 3.05) is 13.3 Å². The minimum absolute atomic E-state index is 0.0865. The molecule has 1 amide bonds. The third kappa shape index (κ3) is 3.89. The first-order valence-corrected chi connectivity index (χ1v) is 9.37. The molecule has 0 N–H and O–H groups in total. The predicted molar refractivity (Wildman–Crippen MR) is 103 cm³/mol. The summed E-state index contributed by atoms with van der Waals surface area (Å²) in [6.07, 6.45) is 3.58. The second-order valence-electron chi connectivity index (χ2n) is 5.59. The van der Waals surface area contributed by atoms with Crippen LogP contribution in [0.15, 0.2) is 66.0 Å². The minimum Gasteiger partial charge on any atom is -0.336 e. The van der Waals surface area contributed by atoms with Gasteiger partial charge in [0, 0.05) is 24.3 Å². The minimum atomic E-state index is -0.0865. The van der Waals surface area contributed by atoms with Crippen molar-refractivity contribution >= 4 is 29.3 Å². The van der Waals surface area contributed by atoms with E-state index in [1.807, 2.05) is 65.4 Å². The van der Waals surface area contributed by atoms with Gasteiger partial charge in [0.1, 0.15) is 5.69 Å². The highest BCUT2D eigenvalue weighted by Gasteiger charge is 2.20. The lowest BCUT2D eigenvalue weighted by Crippen LogP contribution is -2.28. The van der Waals surface area contributed by atoms with Crippen LogP contribution in [-0.2, 0) is 6.54 Å². The summed E-state index contributed by atoms with van der Waals surface area (Å²) in [7, 11) is 1.78. The van der Waals surface area contributed by atoms with E-state index in [1.165, 1.54) is 11.8 Å². The van der Waals surface area contributed by atoms with Gasteiger partial charge in [-0.2, -0.15) is 0 Å². The summed E-state index contributed by atoms with van der Waals surface area (Å²) in [5.74, 6) is -0.0865. The molecule has 0 unspecified atom stereocenters. The average molecular weight is 372 g/mol. The van der Waals surface area contributed by atoms with E-state index in [-0.39, 0.29) is 5.91 Å². The van der Waals surface area contributed by atoms with Gasteiger partial charge in [-0.05, 0) is 36.1 Å². The van der Waals surface area contributed by atoms with Crippen molar-refractivity contribution < 1.29 is 4.79 Å². The summed E-state index contributed by atoms with van der Waals surface area (Å²) in [4.78, 5) is 19.0. The van der Waals surface area contributed by atoms with Crippen molar-refractivity contribution in [3.8, 4) is 5.69 Å². The number of aromatic nitrogens is 2. The highest BCUT2D eigenvalue weighted by atomic mass is 35.5. The number of carbonyl (C=O) groups is 1. The summed E-state index contributed by atoms with van der Waals surface area (Å²) in [6.45, 7) is 0.480. The van der Waals surface area contributed by atoms with Crippen LogP contribution in [0.4, 0.5) is 0 Å². The van der Waals surface area contributed by atoms with Gasteiger partial charge in [-0.25, -0.2) is 4.98 Å². The molecule has 0 bridgehead atoms. The van der Waals surface area contributed by atoms with Crippen LogP contribution < -0.4 is 0 Å². The van der Waals surface area contributed by atoms with Crippen molar-refractivity contribution in [3.05, 3.63) is 77.1 Å². The smallest absolute Gasteiger partial charge is 0.272 e. The molecular formula is C19H18ClN3OS. The number of amides is 1. The fourth-order valence-corrected chi connectivity index (χ4v) is 3.39. The highest BCUT2D eigenvalue weighted by molar-refractivity contribution is 7.98. The first kappa shape index (κ1) is 17.6. The molecule has 1 heterocycles. The fourth-order valence-electron chi connectivity index (χ4n) is 2.63. The van der Waals surface area contributed by atoms with Crippen LogP contribution in [0.25, 0.3) is 5.69 Å². The second kappa shape index (κ2) is 7.76. The maximum atomic E-state index is 13.0. The lowest BCUT2D eigenvalue weighted by atomic mass is 10.2. The van der Waals surface area contributed by atoms with E-state index in [1.54, 1.807) is 18.1 Å². The first-order valence-electron chi connectivity index (χ1n) is 7.77. The van der Waals surface area contributed by atoms with Gasteiger partial charge >= 0.3 is 0 Å². The molecule has 0 radical (unpaired) electrons. The van der Waals surface area contributed by atoms with E-state index in [2.05, 4.69) is 4.98 Å². The Kier molecular flexibility index (Phi) is 5.46. The van der Waals surface area contributed by atoms with E-state index in [0.29, 0.717) is 17.3 Å². The Morgan fingerprint density at radius 3 is 2.64 bits per heavy atom. The molecule has 3 rings (SSSR count). The third-order valence-corrected chi connectivity index (χ3v) is 4.69. The van der Waals surface area contributed by atoms with Crippen LogP contribution in [0, 0.1) is 0 Å². The van der Waals surface area contributed by atoms with Crippen molar-refractivity contribution in [2.24, 2.45) is 0 Å². The van der Waals surface area contributed by atoms with Crippen LogP contribution in [0.2, 0.25) is 5.02 Å². The zero-order valence-corrected chi connectivity index (χ0v) is 15.6. The number of hydrogen-bond donors (Lipinski definition) is 0. The summed E-state index contributed by atoms with van der Waals surface area (Å²) in [5, 5.41) is 1.45. The Hall–Kier alpha value is -2.24. The number of imidazole rings is 1. The highest BCUT2D eigenvalue weighted by Crippen LogP contribution is 2.23. The lowest BCUT2D eigenvalue weighted by molar-refractivity contribution is 0.0776.